The number of hydrogen-bond donors (Lipinski definition) is 0. The van der Waals surface area contributed by atoms with Crippen LogP contribution in [0.1, 0.15) is 37.7 Å². The van der Waals surface area contributed by atoms with Crippen molar-refractivity contribution in [3.63, 3.8) is 0 Å². The van der Waals surface area contributed by atoms with Gasteiger partial charge in [-0.15, -0.1) is 0 Å². The van der Waals surface area contributed by atoms with E-state index >= 15 is 0 Å². The van der Waals surface area contributed by atoms with Crippen LogP contribution < -0.4 is 4.90 Å². The van der Waals surface area contributed by atoms with Crippen LogP contribution in [0.15, 0.2) is 24.3 Å². The van der Waals surface area contributed by atoms with Crippen molar-refractivity contribution >= 4 is 5.69 Å². The lowest BCUT2D eigenvalue weighted by atomic mass is 9.85. The predicted octanol–water partition coefficient (Wildman–Crippen LogP) is 3.89. The van der Waals surface area contributed by atoms with E-state index in [9.17, 15) is 0 Å². The van der Waals surface area contributed by atoms with Crippen LogP contribution in [0.4, 0.5) is 5.69 Å². The molecule has 0 bridgehead atoms. The minimum atomic E-state index is 0.818. The van der Waals surface area contributed by atoms with Gasteiger partial charge in [0.25, 0.3) is 0 Å². The molecular weight excluding hydrogens is 194 g/mol. The zero-order chi connectivity index (χ0) is 11.4. The molecule has 1 nitrogen and oxygen atoms in total. The standard InChI is InChI=1S/C15H22N/c1-16(2)15-10-8-14(9-11-15)12-13-6-4-3-5-7-13/h8-13H,3-7H2,1-2H3. The number of anilines is 1. The molecule has 1 saturated carbocycles. The van der Waals surface area contributed by atoms with Crippen molar-refractivity contribution < 1.29 is 0 Å². The van der Waals surface area contributed by atoms with Crippen LogP contribution in [0, 0.1) is 12.3 Å². The van der Waals surface area contributed by atoms with Crippen LogP contribution in [0.25, 0.3) is 0 Å². The summed E-state index contributed by atoms with van der Waals surface area (Å²) in [7, 11) is 4.17. The van der Waals surface area contributed by atoms with E-state index in [0.717, 1.165) is 5.92 Å². The molecule has 2 rings (SSSR count). The van der Waals surface area contributed by atoms with Crippen molar-refractivity contribution in [2.75, 3.05) is 19.0 Å². The predicted molar refractivity (Wildman–Crippen MR) is 70.7 cm³/mol. The normalized spacial score (nSPS) is 17.4. The fourth-order valence-electron chi connectivity index (χ4n) is 2.46. The maximum absolute atomic E-state index is 2.46. The average molecular weight is 216 g/mol. The van der Waals surface area contributed by atoms with Crippen LogP contribution in [-0.4, -0.2) is 14.1 Å². The third-order valence-corrected chi connectivity index (χ3v) is 3.49. The Hall–Kier alpha value is -0.980. The minimum absolute atomic E-state index is 0.818. The highest BCUT2D eigenvalue weighted by atomic mass is 15.1. The first-order valence-corrected chi connectivity index (χ1v) is 6.38. The Kier molecular flexibility index (Phi) is 3.87. The molecule has 1 aromatic rings. The molecule has 0 aromatic heterocycles. The molecule has 1 heteroatoms. The Balaban J connectivity index is 1.93. The number of rotatable bonds is 3. The van der Waals surface area contributed by atoms with Crippen LogP contribution in [0.5, 0.6) is 0 Å². The summed E-state index contributed by atoms with van der Waals surface area (Å²) in [5, 5.41) is 0. The molecule has 1 aromatic carbocycles. The fraction of sp³-hybridized carbons (Fsp3) is 0.533. The number of nitrogens with zero attached hydrogens (tertiary/aromatic N) is 1. The minimum Gasteiger partial charge on any atom is -0.378 e. The Labute approximate surface area is 99.5 Å². The molecule has 1 aliphatic rings. The summed E-state index contributed by atoms with van der Waals surface area (Å²) in [5.41, 5.74) is 2.67. The highest BCUT2D eigenvalue weighted by Crippen LogP contribution is 2.28. The summed E-state index contributed by atoms with van der Waals surface area (Å²) in [4.78, 5) is 2.14. The van der Waals surface area contributed by atoms with Gasteiger partial charge in [0.1, 0.15) is 0 Å². The molecule has 0 N–H and O–H groups in total. The first kappa shape index (κ1) is 11.5. The van der Waals surface area contributed by atoms with E-state index in [0.29, 0.717) is 0 Å². The van der Waals surface area contributed by atoms with Gasteiger partial charge in [0, 0.05) is 19.8 Å². The quantitative estimate of drug-likeness (QED) is 0.741. The lowest BCUT2D eigenvalue weighted by molar-refractivity contribution is 0.403. The molecular formula is C15H22N. The van der Waals surface area contributed by atoms with Crippen LogP contribution in [0.2, 0.25) is 0 Å². The molecule has 1 fully saturated rings. The lowest BCUT2D eigenvalue weighted by Crippen LogP contribution is -2.09. The maximum atomic E-state index is 2.46. The Morgan fingerprint density at radius 1 is 1.00 bits per heavy atom. The van der Waals surface area contributed by atoms with Crippen molar-refractivity contribution in [2.45, 2.75) is 32.1 Å². The second-order valence-corrected chi connectivity index (χ2v) is 5.05. The van der Waals surface area contributed by atoms with E-state index in [-0.39, 0.29) is 0 Å². The highest BCUT2D eigenvalue weighted by molar-refractivity contribution is 5.47. The summed E-state index contributed by atoms with van der Waals surface area (Å²) in [6, 6.07) is 8.89. The van der Waals surface area contributed by atoms with E-state index in [2.05, 4.69) is 49.7 Å². The summed E-state index contributed by atoms with van der Waals surface area (Å²) >= 11 is 0. The topological polar surface area (TPSA) is 3.24 Å². The molecule has 0 unspecified atom stereocenters. The smallest absolute Gasteiger partial charge is 0.0361 e. The third kappa shape index (κ3) is 3.01. The molecule has 0 spiro atoms. The van der Waals surface area contributed by atoms with Gasteiger partial charge in [-0.3, -0.25) is 0 Å². The largest absolute Gasteiger partial charge is 0.378 e. The van der Waals surface area contributed by atoms with Gasteiger partial charge in [0.2, 0.25) is 0 Å². The first-order chi connectivity index (χ1) is 7.75. The Morgan fingerprint density at radius 3 is 2.19 bits per heavy atom. The van der Waals surface area contributed by atoms with E-state index in [1.54, 1.807) is 0 Å². The van der Waals surface area contributed by atoms with Crippen LogP contribution in [0.3, 0.4) is 0 Å². The summed E-state index contributed by atoms with van der Waals surface area (Å²) in [6.07, 6.45) is 9.49. The van der Waals surface area contributed by atoms with Crippen molar-refractivity contribution in [3.05, 3.63) is 36.2 Å². The van der Waals surface area contributed by atoms with Gasteiger partial charge in [0.15, 0.2) is 0 Å². The molecule has 0 amide bonds. The van der Waals surface area contributed by atoms with Gasteiger partial charge in [-0.25, -0.2) is 0 Å². The zero-order valence-electron chi connectivity index (χ0n) is 10.4. The van der Waals surface area contributed by atoms with Gasteiger partial charge < -0.3 is 4.90 Å². The molecule has 0 atom stereocenters. The van der Waals surface area contributed by atoms with Crippen molar-refractivity contribution in [2.24, 2.45) is 5.92 Å². The van der Waals surface area contributed by atoms with E-state index in [4.69, 9.17) is 0 Å². The average Bonchev–Trinajstić information content (AvgIpc) is 2.31. The summed E-state index contributed by atoms with van der Waals surface area (Å²) in [6.45, 7) is 0. The molecule has 87 valence electrons. The molecule has 1 radical (unpaired) electrons. The second-order valence-electron chi connectivity index (χ2n) is 5.05. The fourth-order valence-corrected chi connectivity index (χ4v) is 2.46. The lowest BCUT2D eigenvalue weighted by Gasteiger charge is -2.21. The van der Waals surface area contributed by atoms with Gasteiger partial charge >= 0.3 is 0 Å². The number of hydrogen-bond acceptors (Lipinski definition) is 1. The Bertz CT molecular complexity index is 307. The van der Waals surface area contributed by atoms with Gasteiger partial charge in [-0.1, -0.05) is 31.4 Å². The molecule has 0 aliphatic heterocycles. The number of benzene rings is 1. The third-order valence-electron chi connectivity index (χ3n) is 3.49. The zero-order valence-corrected chi connectivity index (χ0v) is 10.4. The van der Waals surface area contributed by atoms with Gasteiger partial charge in [-0.2, -0.15) is 0 Å². The Morgan fingerprint density at radius 2 is 1.62 bits per heavy atom. The summed E-state index contributed by atoms with van der Waals surface area (Å²) < 4.78 is 0. The first-order valence-electron chi connectivity index (χ1n) is 6.38. The van der Waals surface area contributed by atoms with Gasteiger partial charge in [-0.05, 0) is 42.9 Å². The summed E-state index contributed by atoms with van der Waals surface area (Å²) in [5.74, 6) is 0.818. The van der Waals surface area contributed by atoms with Crippen LogP contribution >= 0.6 is 0 Å². The van der Waals surface area contributed by atoms with E-state index < -0.39 is 0 Å². The van der Waals surface area contributed by atoms with Crippen molar-refractivity contribution in [1.82, 2.24) is 0 Å². The van der Waals surface area contributed by atoms with Crippen molar-refractivity contribution in [3.8, 4) is 0 Å². The van der Waals surface area contributed by atoms with Crippen molar-refractivity contribution in [1.29, 1.82) is 0 Å². The molecule has 0 heterocycles. The maximum Gasteiger partial charge on any atom is 0.0361 e. The SMILES string of the molecule is CN(C)c1ccc([CH]C2CCCCC2)cc1. The monoisotopic (exact) mass is 216 g/mol. The van der Waals surface area contributed by atoms with E-state index in [1.807, 2.05) is 0 Å². The molecule has 0 saturated heterocycles. The molecule has 16 heavy (non-hydrogen) atoms. The highest BCUT2D eigenvalue weighted by Gasteiger charge is 2.13. The van der Waals surface area contributed by atoms with Crippen LogP contribution in [-0.2, 0) is 0 Å². The second kappa shape index (κ2) is 5.38. The van der Waals surface area contributed by atoms with Gasteiger partial charge in [0.05, 0.1) is 0 Å². The van der Waals surface area contributed by atoms with E-state index in [1.165, 1.54) is 43.4 Å². The molecule has 1 aliphatic carbocycles.